The normalized spacial score (nSPS) is 11.1. The minimum atomic E-state index is 0.490. The van der Waals surface area contributed by atoms with Crippen LogP contribution >= 0.6 is 0 Å². The summed E-state index contributed by atoms with van der Waals surface area (Å²) in [5, 5.41) is 17.3. The molecule has 0 atom stereocenters. The van der Waals surface area contributed by atoms with Gasteiger partial charge < -0.3 is 18.6 Å². The van der Waals surface area contributed by atoms with Crippen LogP contribution in [0.2, 0.25) is 0 Å². The lowest BCUT2D eigenvalue weighted by molar-refractivity contribution is 0.584. The Morgan fingerprint density at radius 3 is 0.451 bits per heavy atom. The van der Waals surface area contributed by atoms with E-state index in [4.69, 9.17) is 8.83 Å². The molecule has 0 aliphatic rings. The lowest BCUT2D eigenvalue weighted by Crippen LogP contribution is -2.09. The molecule has 680 valence electrons. The van der Waals surface area contributed by atoms with Crippen molar-refractivity contribution in [3.63, 3.8) is 0 Å². The molecule has 0 saturated heterocycles. The van der Waals surface area contributed by atoms with E-state index in [1.54, 1.807) is 0 Å². The summed E-state index contributed by atoms with van der Waals surface area (Å²) in [5.41, 5.74) is 42.7. The highest BCUT2D eigenvalue weighted by Gasteiger charge is 2.23. The molecule has 2 heterocycles. The first-order valence-corrected chi connectivity index (χ1v) is 48.6. The quantitative estimate of drug-likeness (QED) is 0.0592. The van der Waals surface area contributed by atoms with Gasteiger partial charge in [-0.1, -0.05) is 437 Å². The third-order valence-corrected chi connectivity index (χ3v) is 26.7. The van der Waals surface area contributed by atoms with Gasteiger partial charge in [0.25, 0.3) is 0 Å². The van der Waals surface area contributed by atoms with Crippen LogP contribution in [-0.2, 0) is 0 Å². The van der Waals surface area contributed by atoms with Crippen molar-refractivity contribution < 1.29 is 8.83 Å². The maximum absolute atomic E-state index is 6.08. The Morgan fingerprint density at radius 2 is 0.236 bits per heavy atom. The van der Waals surface area contributed by atoms with Crippen LogP contribution in [0.4, 0.5) is 34.1 Å². The van der Waals surface area contributed by atoms with Crippen LogP contribution < -0.4 is 9.80 Å². The first-order valence-electron chi connectivity index (χ1n) is 48.6. The lowest BCUT2D eigenvalue weighted by Gasteiger charge is -2.26. The largest absolute Gasteiger partial charge is 0.416 e. The van der Waals surface area contributed by atoms with Crippen molar-refractivity contribution in [3.8, 4) is 202 Å². The summed E-state index contributed by atoms with van der Waals surface area (Å²) in [5.74, 6) is 1.99. The van der Waals surface area contributed by atoms with E-state index < -0.39 is 0 Å². The standard InChI is InChI=1S/2C68H47N3O/c1-4-16-48(17-5-1)56-22-14-24-58(46-56)50-34-40-60(41-35-50)71(61-42-36-51(37-43-61)59-25-15-23-57(47-59)49-18-6-2-7-19-49)62-44-38-53(39-45-62)64-27-11-13-29-66(64)65-28-12-10-26-63(65)52-30-32-55(33-31-52)68-70-69-67(72-68)54-20-8-3-9-21-54;1-4-14-48(15-5-1)50-24-28-52(29-25-50)54-36-42-60(43-37-54)71(61-44-38-55(39-45-61)53-30-26-51(27-31-53)49-16-6-2-7-17-49)62-46-40-57(41-47-62)64-21-11-13-23-66(64)65-22-12-10-20-63(65)56-32-34-59(35-33-56)68-70-69-67(72-68)58-18-8-3-9-19-58/h2*1-47H. The monoisotopic (exact) mass is 1840 g/mol. The predicted octanol–water partition coefficient (Wildman–Crippen LogP) is 37.1. The molecule has 8 heteroatoms. The third kappa shape index (κ3) is 19.3. The molecule has 144 heavy (non-hydrogen) atoms. The maximum Gasteiger partial charge on any atom is 0.248 e. The first kappa shape index (κ1) is 88.7. The molecule has 0 amide bonds. The second-order valence-electron chi connectivity index (χ2n) is 35.6. The molecular weight excluding hydrogens is 1750 g/mol. The highest BCUT2D eigenvalue weighted by atomic mass is 16.4. The van der Waals surface area contributed by atoms with Crippen molar-refractivity contribution in [3.05, 3.63) is 570 Å². The van der Waals surface area contributed by atoms with Gasteiger partial charge in [0.2, 0.25) is 23.6 Å². The van der Waals surface area contributed by atoms with Gasteiger partial charge in [0.15, 0.2) is 0 Å². The Hall–Kier alpha value is -19.3. The molecule has 24 aromatic rings. The summed E-state index contributed by atoms with van der Waals surface area (Å²) in [7, 11) is 0. The molecule has 0 spiro atoms. The van der Waals surface area contributed by atoms with E-state index in [0.717, 1.165) is 134 Å². The SMILES string of the molecule is c1ccc(-c2ccc(-c3ccc(N(c4ccc(-c5ccc(-c6ccccc6)cc5)cc4)c4ccc(-c5ccccc5-c5ccccc5-c5ccc(-c6nnc(-c7ccccc7)o6)cc5)cc4)cc3)cc2)cc1.c1ccc(-c2cccc(-c3ccc(N(c4ccc(-c5cccc(-c6ccccc6)c5)cc4)c4ccc(-c5ccccc5-c5ccccc5-c5ccc(-c6nnc(-c7ccccc7)o6)cc5)cc4)cc3)c2)cc1. The smallest absolute Gasteiger partial charge is 0.248 e. The Kier molecular flexibility index (Phi) is 25.4. The minimum Gasteiger partial charge on any atom is -0.416 e. The first-order chi connectivity index (χ1) is 71.4. The van der Waals surface area contributed by atoms with E-state index in [1.165, 1.54) is 77.9 Å². The molecule has 0 radical (unpaired) electrons. The van der Waals surface area contributed by atoms with Crippen molar-refractivity contribution in [1.82, 2.24) is 20.4 Å². The van der Waals surface area contributed by atoms with E-state index in [2.05, 4.69) is 540 Å². The number of nitrogens with zero attached hydrogens (tertiary/aromatic N) is 6. The van der Waals surface area contributed by atoms with Crippen LogP contribution in [-0.4, -0.2) is 20.4 Å². The molecule has 0 aliphatic heterocycles. The number of rotatable bonds is 24. The summed E-state index contributed by atoms with van der Waals surface area (Å²) in [6.45, 7) is 0. The number of anilines is 6. The Morgan fingerprint density at radius 1 is 0.104 bits per heavy atom. The Labute approximate surface area is 839 Å². The van der Waals surface area contributed by atoms with Crippen LogP contribution in [0.15, 0.2) is 579 Å². The number of benzene rings is 22. The molecule has 0 bridgehead atoms. The molecule has 0 saturated carbocycles. The van der Waals surface area contributed by atoms with Crippen LogP contribution in [0.3, 0.4) is 0 Å². The number of hydrogen-bond donors (Lipinski definition) is 0. The highest BCUT2D eigenvalue weighted by Crippen LogP contribution is 2.47. The van der Waals surface area contributed by atoms with Crippen LogP contribution in [0, 0.1) is 0 Å². The number of hydrogen-bond acceptors (Lipinski definition) is 8. The molecule has 0 N–H and O–H groups in total. The average molecular weight is 1840 g/mol. The third-order valence-electron chi connectivity index (χ3n) is 26.7. The van der Waals surface area contributed by atoms with Crippen LogP contribution in [0.1, 0.15) is 0 Å². The second kappa shape index (κ2) is 41.2. The van der Waals surface area contributed by atoms with Crippen molar-refractivity contribution in [2.24, 2.45) is 0 Å². The molecule has 0 unspecified atom stereocenters. The van der Waals surface area contributed by atoms with Gasteiger partial charge in [-0.3, -0.25) is 0 Å². The summed E-state index contributed by atoms with van der Waals surface area (Å²) in [4.78, 5) is 4.69. The van der Waals surface area contributed by atoms with Crippen molar-refractivity contribution in [1.29, 1.82) is 0 Å². The van der Waals surface area contributed by atoms with Gasteiger partial charge in [0.05, 0.1) is 0 Å². The topological polar surface area (TPSA) is 84.3 Å². The van der Waals surface area contributed by atoms with Crippen LogP contribution in [0.25, 0.3) is 202 Å². The van der Waals surface area contributed by atoms with Gasteiger partial charge in [-0.2, -0.15) is 0 Å². The van der Waals surface area contributed by atoms with Gasteiger partial charge >= 0.3 is 0 Å². The maximum atomic E-state index is 6.08. The van der Waals surface area contributed by atoms with Gasteiger partial charge in [-0.15, -0.1) is 20.4 Å². The average Bonchev–Trinajstić information content (AvgIpc) is 0.937. The zero-order valence-corrected chi connectivity index (χ0v) is 78.8. The van der Waals surface area contributed by atoms with Gasteiger partial charge in [-0.25, -0.2) is 0 Å². The summed E-state index contributed by atoms with van der Waals surface area (Å²) in [6.07, 6.45) is 0. The lowest BCUT2D eigenvalue weighted by atomic mass is 9.89. The summed E-state index contributed by atoms with van der Waals surface area (Å²) < 4.78 is 12.2. The second-order valence-corrected chi connectivity index (χ2v) is 35.6. The van der Waals surface area contributed by atoms with Crippen molar-refractivity contribution >= 4 is 34.1 Å². The van der Waals surface area contributed by atoms with Gasteiger partial charge in [-0.05, 0) is 289 Å². The van der Waals surface area contributed by atoms with Gasteiger partial charge in [0, 0.05) is 56.4 Å². The summed E-state index contributed by atoms with van der Waals surface area (Å²) >= 11 is 0. The molecule has 0 fully saturated rings. The van der Waals surface area contributed by atoms with E-state index in [-0.39, 0.29) is 0 Å². The fraction of sp³-hybridized carbons (Fsp3) is 0. The zero-order chi connectivity index (χ0) is 96.1. The Balaban J connectivity index is 0.000000159. The molecule has 2 aromatic heterocycles. The van der Waals surface area contributed by atoms with E-state index in [0.29, 0.717) is 23.6 Å². The molecule has 24 rings (SSSR count). The van der Waals surface area contributed by atoms with E-state index >= 15 is 0 Å². The fourth-order valence-corrected chi connectivity index (χ4v) is 19.2. The van der Waals surface area contributed by atoms with Gasteiger partial charge in [0.1, 0.15) is 0 Å². The minimum absolute atomic E-state index is 0.490. The molecule has 8 nitrogen and oxygen atoms in total. The number of aromatic nitrogens is 4. The molecule has 0 aliphatic carbocycles. The highest BCUT2D eigenvalue weighted by molar-refractivity contribution is 5.96. The Bertz CT molecular complexity index is 8230. The summed E-state index contributed by atoms with van der Waals surface area (Å²) in [6, 6.07) is 202. The van der Waals surface area contributed by atoms with Crippen LogP contribution in [0.5, 0.6) is 0 Å². The van der Waals surface area contributed by atoms with Crippen molar-refractivity contribution in [2.45, 2.75) is 0 Å². The zero-order valence-electron chi connectivity index (χ0n) is 78.8. The molecular formula is C136H94N6O2. The fourth-order valence-electron chi connectivity index (χ4n) is 19.2. The van der Waals surface area contributed by atoms with E-state index in [9.17, 15) is 0 Å². The van der Waals surface area contributed by atoms with Crippen molar-refractivity contribution in [2.75, 3.05) is 9.80 Å². The van der Waals surface area contributed by atoms with E-state index in [1.807, 2.05) is 60.7 Å². The molecule has 22 aromatic carbocycles. The predicted molar refractivity (Wildman–Crippen MR) is 596 cm³/mol.